The molecule has 3 N–H and O–H groups in total. The summed E-state index contributed by atoms with van der Waals surface area (Å²) in [4.78, 5) is 16.0. The molecule has 0 aromatic carbocycles. The highest BCUT2D eigenvalue weighted by Gasteiger charge is 2.28. The Morgan fingerprint density at radius 3 is 2.94 bits per heavy atom. The maximum absolute atomic E-state index is 11.8. The number of H-pyrrole nitrogens is 1. The number of rotatable bonds is 3. The monoisotopic (exact) mass is 221 g/mol. The van der Waals surface area contributed by atoms with Gasteiger partial charge in [0.25, 0.3) is 5.91 Å². The molecule has 6 nitrogen and oxygen atoms in total. The van der Waals surface area contributed by atoms with Crippen LogP contribution >= 0.6 is 0 Å². The molecular formula is C10H15N5O. The van der Waals surface area contributed by atoms with Gasteiger partial charge in [0.1, 0.15) is 5.82 Å². The first-order valence-electron chi connectivity index (χ1n) is 5.77. The van der Waals surface area contributed by atoms with Crippen molar-refractivity contribution in [2.45, 2.75) is 31.2 Å². The highest BCUT2D eigenvalue weighted by atomic mass is 16.2. The summed E-state index contributed by atoms with van der Waals surface area (Å²) in [5.74, 6) is 1.46. The van der Waals surface area contributed by atoms with Crippen LogP contribution in [0.2, 0.25) is 0 Å². The van der Waals surface area contributed by atoms with Crippen molar-refractivity contribution in [3.8, 4) is 0 Å². The topological polar surface area (TPSA) is 82.7 Å². The molecule has 0 unspecified atom stereocenters. The Bertz CT molecular complexity index is 392. The number of amides is 1. The van der Waals surface area contributed by atoms with Crippen molar-refractivity contribution in [2.75, 3.05) is 13.1 Å². The van der Waals surface area contributed by atoms with Gasteiger partial charge in [0, 0.05) is 18.5 Å². The van der Waals surface area contributed by atoms with E-state index in [9.17, 15) is 4.79 Å². The summed E-state index contributed by atoms with van der Waals surface area (Å²) in [6.45, 7) is 1.80. The van der Waals surface area contributed by atoms with Crippen LogP contribution in [0.4, 0.5) is 0 Å². The Balaban J connectivity index is 1.63. The fraction of sp³-hybridized carbons (Fsp3) is 0.700. The van der Waals surface area contributed by atoms with Gasteiger partial charge in [-0.3, -0.25) is 9.89 Å². The summed E-state index contributed by atoms with van der Waals surface area (Å²) in [5, 5.41) is 12.9. The normalized spacial score (nSPS) is 24.6. The molecule has 2 aliphatic rings. The van der Waals surface area contributed by atoms with Gasteiger partial charge in [0.2, 0.25) is 5.82 Å². The number of aromatic amines is 1. The average molecular weight is 221 g/mol. The summed E-state index contributed by atoms with van der Waals surface area (Å²) in [6, 6.07) is 0.218. The molecule has 0 bridgehead atoms. The van der Waals surface area contributed by atoms with Crippen molar-refractivity contribution >= 4 is 5.91 Å². The molecule has 6 heteroatoms. The lowest BCUT2D eigenvalue weighted by molar-refractivity contribution is 0.0930. The van der Waals surface area contributed by atoms with Gasteiger partial charge in [-0.25, -0.2) is 4.98 Å². The molecule has 1 saturated heterocycles. The molecule has 1 aromatic rings. The Morgan fingerprint density at radius 2 is 2.25 bits per heavy atom. The van der Waals surface area contributed by atoms with Crippen LogP contribution in [0.3, 0.4) is 0 Å². The molecule has 2 fully saturated rings. The maximum atomic E-state index is 11.8. The predicted octanol–water partition coefficient (Wildman–Crippen LogP) is -0.226. The average Bonchev–Trinajstić information content (AvgIpc) is 2.82. The van der Waals surface area contributed by atoms with Gasteiger partial charge in [-0.05, 0) is 25.8 Å². The van der Waals surface area contributed by atoms with E-state index in [-0.39, 0.29) is 17.8 Å². The van der Waals surface area contributed by atoms with Crippen LogP contribution in [0.5, 0.6) is 0 Å². The number of nitrogens with zero attached hydrogens (tertiary/aromatic N) is 2. The molecule has 1 aromatic heterocycles. The molecule has 1 atom stereocenters. The molecule has 1 aliphatic carbocycles. The van der Waals surface area contributed by atoms with Gasteiger partial charge < -0.3 is 10.6 Å². The van der Waals surface area contributed by atoms with E-state index in [1.54, 1.807) is 0 Å². The van der Waals surface area contributed by atoms with Crippen molar-refractivity contribution < 1.29 is 4.79 Å². The Morgan fingerprint density at radius 1 is 1.38 bits per heavy atom. The van der Waals surface area contributed by atoms with Gasteiger partial charge >= 0.3 is 0 Å². The van der Waals surface area contributed by atoms with E-state index in [1.807, 2.05) is 0 Å². The molecule has 2 heterocycles. The Hall–Kier alpha value is -1.43. The number of nitrogens with one attached hydrogen (secondary N) is 3. The quantitative estimate of drug-likeness (QED) is 0.658. The standard InChI is InChI=1S/C10H15N5O/c16-10(12-7-3-4-11-5-7)9-13-8(14-15-9)6-1-2-6/h6-7,11H,1-5H2,(H,12,16)(H,13,14,15)/t7-/m1/s1. The zero-order chi connectivity index (χ0) is 11.0. The lowest BCUT2D eigenvalue weighted by Gasteiger charge is -2.08. The number of hydrogen-bond donors (Lipinski definition) is 3. The van der Waals surface area contributed by atoms with Crippen LogP contribution in [0.15, 0.2) is 0 Å². The third-order valence-corrected chi connectivity index (χ3v) is 3.07. The molecule has 1 aliphatic heterocycles. The second kappa shape index (κ2) is 3.86. The van der Waals surface area contributed by atoms with Gasteiger partial charge in [-0.15, -0.1) is 5.10 Å². The Labute approximate surface area is 93.2 Å². The van der Waals surface area contributed by atoms with Gasteiger partial charge in [0.05, 0.1) is 0 Å². The van der Waals surface area contributed by atoms with E-state index in [0.29, 0.717) is 5.92 Å². The minimum Gasteiger partial charge on any atom is -0.345 e. The van der Waals surface area contributed by atoms with E-state index < -0.39 is 0 Å². The van der Waals surface area contributed by atoms with Gasteiger partial charge in [0.15, 0.2) is 0 Å². The van der Waals surface area contributed by atoms with Crippen LogP contribution in [0.25, 0.3) is 0 Å². The molecule has 0 radical (unpaired) electrons. The molecule has 86 valence electrons. The fourth-order valence-corrected chi connectivity index (χ4v) is 1.94. The minimum absolute atomic E-state index is 0.170. The molecular weight excluding hydrogens is 206 g/mol. The minimum atomic E-state index is -0.170. The van der Waals surface area contributed by atoms with Crippen LogP contribution in [-0.2, 0) is 0 Å². The highest BCUT2D eigenvalue weighted by molar-refractivity contribution is 5.90. The molecule has 3 rings (SSSR count). The van der Waals surface area contributed by atoms with E-state index >= 15 is 0 Å². The molecule has 16 heavy (non-hydrogen) atoms. The van der Waals surface area contributed by atoms with Crippen molar-refractivity contribution in [3.63, 3.8) is 0 Å². The first-order chi connectivity index (χ1) is 7.83. The SMILES string of the molecule is O=C(N[C@@H]1CCNC1)c1n[nH]c(C2CC2)n1. The van der Waals surface area contributed by atoms with Crippen LogP contribution in [0, 0.1) is 0 Å². The highest BCUT2D eigenvalue weighted by Crippen LogP contribution is 2.37. The zero-order valence-electron chi connectivity index (χ0n) is 8.99. The molecule has 1 amide bonds. The van der Waals surface area contributed by atoms with Crippen molar-refractivity contribution in [2.24, 2.45) is 0 Å². The summed E-state index contributed by atoms with van der Waals surface area (Å²) in [5.41, 5.74) is 0. The first kappa shape index (κ1) is 9.77. The van der Waals surface area contributed by atoms with E-state index in [1.165, 1.54) is 0 Å². The second-order valence-corrected chi connectivity index (χ2v) is 4.48. The van der Waals surface area contributed by atoms with Gasteiger partial charge in [-0.2, -0.15) is 0 Å². The molecule has 0 spiro atoms. The van der Waals surface area contributed by atoms with Crippen molar-refractivity contribution in [1.82, 2.24) is 25.8 Å². The lowest BCUT2D eigenvalue weighted by atomic mass is 10.2. The van der Waals surface area contributed by atoms with E-state index in [0.717, 1.165) is 38.2 Å². The van der Waals surface area contributed by atoms with Crippen molar-refractivity contribution in [3.05, 3.63) is 11.6 Å². The summed E-state index contributed by atoms with van der Waals surface area (Å²) >= 11 is 0. The summed E-state index contributed by atoms with van der Waals surface area (Å²) in [6.07, 6.45) is 3.29. The second-order valence-electron chi connectivity index (χ2n) is 4.48. The van der Waals surface area contributed by atoms with Crippen LogP contribution in [-0.4, -0.2) is 40.2 Å². The van der Waals surface area contributed by atoms with Crippen LogP contribution < -0.4 is 10.6 Å². The number of hydrogen-bond acceptors (Lipinski definition) is 4. The summed E-state index contributed by atoms with van der Waals surface area (Å²) in [7, 11) is 0. The summed E-state index contributed by atoms with van der Waals surface area (Å²) < 4.78 is 0. The third-order valence-electron chi connectivity index (χ3n) is 3.07. The lowest BCUT2D eigenvalue weighted by Crippen LogP contribution is -2.36. The number of carbonyl (C=O) groups excluding carboxylic acids is 1. The first-order valence-corrected chi connectivity index (χ1v) is 5.77. The van der Waals surface area contributed by atoms with E-state index in [4.69, 9.17) is 0 Å². The Kier molecular flexibility index (Phi) is 2.36. The van der Waals surface area contributed by atoms with Gasteiger partial charge in [-0.1, -0.05) is 0 Å². The zero-order valence-corrected chi connectivity index (χ0v) is 8.99. The predicted molar refractivity (Wildman–Crippen MR) is 57.1 cm³/mol. The number of aromatic nitrogens is 3. The fourth-order valence-electron chi connectivity index (χ4n) is 1.94. The smallest absolute Gasteiger partial charge is 0.291 e. The maximum Gasteiger partial charge on any atom is 0.291 e. The van der Waals surface area contributed by atoms with Crippen LogP contribution in [0.1, 0.15) is 41.6 Å². The molecule has 1 saturated carbocycles. The number of carbonyl (C=O) groups is 1. The van der Waals surface area contributed by atoms with Crippen molar-refractivity contribution in [1.29, 1.82) is 0 Å². The third kappa shape index (κ3) is 1.92. The van der Waals surface area contributed by atoms with E-state index in [2.05, 4.69) is 25.8 Å². The largest absolute Gasteiger partial charge is 0.345 e.